The highest BCUT2D eigenvalue weighted by atomic mass is 35.5. The quantitative estimate of drug-likeness (QED) is 0.804. The van der Waals surface area contributed by atoms with Gasteiger partial charge in [0.2, 0.25) is 0 Å². The van der Waals surface area contributed by atoms with Crippen LogP contribution in [0.2, 0.25) is 5.15 Å². The summed E-state index contributed by atoms with van der Waals surface area (Å²) >= 11 is 5.63. The summed E-state index contributed by atoms with van der Waals surface area (Å²) in [5.74, 6) is 0.201. The normalized spacial score (nSPS) is 10.3. The largest absolute Gasteiger partial charge is 0.507 e. The third-order valence-electron chi connectivity index (χ3n) is 2.06. The molecule has 0 amide bonds. The molecule has 15 heavy (non-hydrogen) atoms. The van der Waals surface area contributed by atoms with Gasteiger partial charge in [0.15, 0.2) is 5.15 Å². The fraction of sp³-hybridized carbons (Fsp3) is 0.0909. The lowest BCUT2D eigenvalue weighted by Crippen LogP contribution is -1.88. The van der Waals surface area contributed by atoms with Crippen molar-refractivity contribution in [3.63, 3.8) is 0 Å². The Labute approximate surface area is 92.4 Å². The van der Waals surface area contributed by atoms with Crippen molar-refractivity contribution in [3.05, 3.63) is 41.0 Å². The van der Waals surface area contributed by atoms with Crippen molar-refractivity contribution < 1.29 is 5.11 Å². The van der Waals surface area contributed by atoms with Crippen molar-refractivity contribution in [1.29, 1.82) is 0 Å². The molecule has 0 saturated heterocycles. The third kappa shape index (κ3) is 2.07. The Morgan fingerprint density at radius 1 is 1.13 bits per heavy atom. The van der Waals surface area contributed by atoms with Crippen molar-refractivity contribution >= 4 is 11.6 Å². The van der Waals surface area contributed by atoms with Crippen LogP contribution in [0, 0.1) is 6.92 Å². The number of nitrogens with zero attached hydrogens (tertiary/aromatic N) is 2. The van der Waals surface area contributed by atoms with Crippen molar-refractivity contribution in [2.45, 2.75) is 6.92 Å². The molecule has 0 aliphatic heterocycles. The highest BCUT2D eigenvalue weighted by Crippen LogP contribution is 2.28. The van der Waals surface area contributed by atoms with Gasteiger partial charge in [0.1, 0.15) is 5.75 Å². The van der Waals surface area contributed by atoms with Gasteiger partial charge in [0.05, 0.1) is 5.69 Å². The summed E-state index contributed by atoms with van der Waals surface area (Å²) in [7, 11) is 0. The third-order valence-corrected chi connectivity index (χ3v) is 2.26. The topological polar surface area (TPSA) is 46.0 Å². The first-order valence-corrected chi connectivity index (χ1v) is 4.84. The second kappa shape index (κ2) is 3.87. The Kier molecular flexibility index (Phi) is 2.56. The molecule has 76 valence electrons. The van der Waals surface area contributed by atoms with E-state index in [1.54, 1.807) is 18.2 Å². The number of hydrogen-bond donors (Lipinski definition) is 1. The summed E-state index contributed by atoms with van der Waals surface area (Å²) in [5.41, 5.74) is 2.26. The first-order valence-electron chi connectivity index (χ1n) is 4.46. The summed E-state index contributed by atoms with van der Waals surface area (Å²) in [6, 6.07) is 8.77. The zero-order valence-corrected chi connectivity index (χ0v) is 8.86. The van der Waals surface area contributed by atoms with E-state index in [-0.39, 0.29) is 5.75 Å². The predicted molar refractivity (Wildman–Crippen MR) is 58.9 cm³/mol. The van der Waals surface area contributed by atoms with Gasteiger partial charge in [-0.05, 0) is 36.8 Å². The molecule has 1 heterocycles. The maximum Gasteiger partial charge on any atom is 0.151 e. The number of aromatic hydroxyl groups is 1. The Hall–Kier alpha value is -1.61. The molecule has 1 N–H and O–H groups in total. The smallest absolute Gasteiger partial charge is 0.151 e. The average molecular weight is 221 g/mol. The summed E-state index contributed by atoms with van der Waals surface area (Å²) in [6.45, 7) is 1.91. The monoisotopic (exact) mass is 220 g/mol. The Balaban J connectivity index is 2.49. The van der Waals surface area contributed by atoms with E-state index in [1.165, 1.54) is 0 Å². The second-order valence-corrected chi connectivity index (χ2v) is 3.65. The van der Waals surface area contributed by atoms with Crippen LogP contribution in [-0.2, 0) is 0 Å². The summed E-state index contributed by atoms with van der Waals surface area (Å²) < 4.78 is 0. The maximum absolute atomic E-state index is 9.71. The SMILES string of the molecule is Cc1ccc(-c2ccc(Cl)nn2)c(O)c1. The van der Waals surface area contributed by atoms with E-state index in [2.05, 4.69) is 10.2 Å². The Morgan fingerprint density at radius 3 is 2.53 bits per heavy atom. The van der Waals surface area contributed by atoms with E-state index in [4.69, 9.17) is 11.6 Å². The first kappa shape index (κ1) is 9.93. The molecule has 2 rings (SSSR count). The molecule has 0 bridgehead atoms. The average Bonchev–Trinajstić information content (AvgIpc) is 2.20. The van der Waals surface area contributed by atoms with Gasteiger partial charge in [0.25, 0.3) is 0 Å². The predicted octanol–water partition coefficient (Wildman–Crippen LogP) is 2.81. The highest BCUT2D eigenvalue weighted by Gasteiger charge is 2.05. The minimum absolute atomic E-state index is 0.201. The van der Waals surface area contributed by atoms with Gasteiger partial charge in [-0.1, -0.05) is 17.7 Å². The summed E-state index contributed by atoms with van der Waals surface area (Å²) in [5, 5.41) is 17.7. The molecule has 0 aliphatic carbocycles. The molecule has 0 fully saturated rings. The molecular weight excluding hydrogens is 212 g/mol. The molecule has 1 aromatic carbocycles. The first-order chi connectivity index (χ1) is 7.16. The minimum Gasteiger partial charge on any atom is -0.507 e. The number of benzene rings is 1. The fourth-order valence-corrected chi connectivity index (χ4v) is 1.42. The molecule has 0 atom stereocenters. The van der Waals surface area contributed by atoms with Crippen LogP contribution in [0.3, 0.4) is 0 Å². The van der Waals surface area contributed by atoms with Gasteiger partial charge in [-0.25, -0.2) is 0 Å². The Bertz CT molecular complexity index is 482. The number of phenols is 1. The highest BCUT2D eigenvalue weighted by molar-refractivity contribution is 6.29. The lowest BCUT2D eigenvalue weighted by Gasteiger charge is -2.03. The molecule has 3 nitrogen and oxygen atoms in total. The van der Waals surface area contributed by atoms with E-state index >= 15 is 0 Å². The minimum atomic E-state index is 0.201. The Morgan fingerprint density at radius 2 is 1.93 bits per heavy atom. The molecule has 0 unspecified atom stereocenters. The van der Waals surface area contributed by atoms with Crippen LogP contribution in [0.5, 0.6) is 5.75 Å². The molecule has 0 aliphatic rings. The van der Waals surface area contributed by atoms with Gasteiger partial charge in [-0.15, -0.1) is 10.2 Å². The van der Waals surface area contributed by atoms with Crippen molar-refractivity contribution in [2.24, 2.45) is 0 Å². The van der Waals surface area contributed by atoms with Crippen LogP contribution in [0.25, 0.3) is 11.3 Å². The molecule has 2 aromatic rings. The molecule has 0 spiro atoms. The number of halogens is 1. The van der Waals surface area contributed by atoms with E-state index < -0.39 is 0 Å². The van der Waals surface area contributed by atoms with Gasteiger partial charge >= 0.3 is 0 Å². The van der Waals surface area contributed by atoms with Crippen LogP contribution in [0.4, 0.5) is 0 Å². The molecular formula is C11H9ClN2O. The van der Waals surface area contributed by atoms with Crippen LogP contribution < -0.4 is 0 Å². The number of hydrogen-bond acceptors (Lipinski definition) is 3. The summed E-state index contributed by atoms with van der Waals surface area (Å²) in [4.78, 5) is 0. The van der Waals surface area contributed by atoms with Gasteiger partial charge in [-0.3, -0.25) is 0 Å². The van der Waals surface area contributed by atoms with E-state index in [0.717, 1.165) is 5.56 Å². The number of phenolic OH excluding ortho intramolecular Hbond substituents is 1. The number of aryl methyl sites for hydroxylation is 1. The summed E-state index contributed by atoms with van der Waals surface area (Å²) in [6.07, 6.45) is 0. The fourth-order valence-electron chi connectivity index (χ4n) is 1.32. The number of rotatable bonds is 1. The van der Waals surface area contributed by atoms with Gasteiger partial charge < -0.3 is 5.11 Å². The van der Waals surface area contributed by atoms with Gasteiger partial charge in [0, 0.05) is 5.56 Å². The molecule has 4 heteroatoms. The van der Waals surface area contributed by atoms with Crippen LogP contribution in [0.1, 0.15) is 5.56 Å². The number of aromatic nitrogens is 2. The second-order valence-electron chi connectivity index (χ2n) is 3.26. The van der Waals surface area contributed by atoms with Crippen molar-refractivity contribution in [1.82, 2.24) is 10.2 Å². The molecule has 0 radical (unpaired) electrons. The zero-order chi connectivity index (χ0) is 10.8. The molecule has 0 saturated carbocycles. The lowest BCUT2D eigenvalue weighted by molar-refractivity contribution is 0.476. The molecule has 1 aromatic heterocycles. The maximum atomic E-state index is 9.71. The van der Waals surface area contributed by atoms with Crippen LogP contribution >= 0.6 is 11.6 Å². The van der Waals surface area contributed by atoms with Crippen molar-refractivity contribution in [3.8, 4) is 17.0 Å². The van der Waals surface area contributed by atoms with Crippen molar-refractivity contribution in [2.75, 3.05) is 0 Å². The van der Waals surface area contributed by atoms with E-state index in [1.807, 2.05) is 19.1 Å². The lowest BCUT2D eigenvalue weighted by atomic mass is 10.1. The van der Waals surface area contributed by atoms with E-state index in [0.29, 0.717) is 16.4 Å². The van der Waals surface area contributed by atoms with Crippen LogP contribution in [0.15, 0.2) is 30.3 Å². The van der Waals surface area contributed by atoms with Gasteiger partial charge in [-0.2, -0.15) is 0 Å². The zero-order valence-electron chi connectivity index (χ0n) is 8.11. The van der Waals surface area contributed by atoms with E-state index in [9.17, 15) is 5.11 Å². The van der Waals surface area contributed by atoms with Crippen LogP contribution in [-0.4, -0.2) is 15.3 Å². The standard InChI is InChI=1S/C11H9ClN2O/c1-7-2-3-8(10(15)6-7)9-4-5-11(12)14-13-9/h2-6,15H,1H3.